The van der Waals surface area contributed by atoms with E-state index < -0.39 is 12.1 Å². The molecule has 0 aromatic heterocycles. The van der Waals surface area contributed by atoms with Gasteiger partial charge in [0.2, 0.25) is 11.8 Å². The molecule has 0 aromatic carbocycles. The summed E-state index contributed by atoms with van der Waals surface area (Å²) in [5.74, 6) is -0.300. The molecule has 0 saturated carbocycles. The third kappa shape index (κ3) is 6.00. The molecule has 0 aliphatic carbocycles. The van der Waals surface area contributed by atoms with E-state index in [1.807, 2.05) is 0 Å². The Labute approximate surface area is 147 Å². The average Bonchev–Trinajstić information content (AvgIpc) is 2.94. The summed E-state index contributed by atoms with van der Waals surface area (Å²) in [6.45, 7) is 1.13. The van der Waals surface area contributed by atoms with Crippen molar-refractivity contribution in [3.8, 4) is 0 Å². The number of amides is 6. The highest BCUT2D eigenvalue weighted by Gasteiger charge is 2.23. The quantitative estimate of drug-likeness (QED) is 0.509. The van der Waals surface area contributed by atoms with Crippen molar-refractivity contribution < 1.29 is 19.2 Å². The van der Waals surface area contributed by atoms with Gasteiger partial charge in [0.05, 0.1) is 13.3 Å². The molecule has 0 aromatic rings. The number of nitrogens with zero attached hydrogens (tertiary/aromatic N) is 2. The third-order valence-electron chi connectivity index (χ3n) is 4.37. The fraction of sp³-hybridized carbons (Fsp3) is 0.750. The zero-order chi connectivity index (χ0) is 18.1. The summed E-state index contributed by atoms with van der Waals surface area (Å²) in [6.07, 6.45) is 6.01. The number of urea groups is 2. The van der Waals surface area contributed by atoms with Crippen LogP contribution in [0.15, 0.2) is 0 Å². The lowest BCUT2D eigenvalue weighted by molar-refractivity contribution is -0.128. The molecule has 25 heavy (non-hydrogen) atoms. The van der Waals surface area contributed by atoms with Crippen LogP contribution in [0.25, 0.3) is 0 Å². The highest BCUT2D eigenvalue weighted by atomic mass is 16.2. The van der Waals surface area contributed by atoms with Gasteiger partial charge in [-0.2, -0.15) is 0 Å². The van der Waals surface area contributed by atoms with Crippen LogP contribution in [0, 0.1) is 0 Å². The largest absolute Gasteiger partial charge is 0.325 e. The summed E-state index contributed by atoms with van der Waals surface area (Å²) in [5, 5.41) is 8.06. The molecule has 2 fully saturated rings. The zero-order valence-corrected chi connectivity index (χ0v) is 14.5. The van der Waals surface area contributed by atoms with E-state index in [0.29, 0.717) is 25.9 Å². The van der Waals surface area contributed by atoms with Crippen LogP contribution in [-0.4, -0.2) is 60.1 Å². The van der Waals surface area contributed by atoms with Gasteiger partial charge in [-0.3, -0.25) is 24.7 Å². The summed E-state index contributed by atoms with van der Waals surface area (Å²) in [6, 6.07) is -0.846. The first kappa shape index (κ1) is 19.2. The van der Waals surface area contributed by atoms with Gasteiger partial charge in [0, 0.05) is 25.9 Å². The Balaban J connectivity index is 1.63. The number of hydrogen-bond acceptors (Lipinski definition) is 5. The van der Waals surface area contributed by atoms with Crippen LogP contribution in [0.2, 0.25) is 0 Å². The maximum Gasteiger partial charge on any atom is 0.325 e. The summed E-state index contributed by atoms with van der Waals surface area (Å²) >= 11 is 0. The van der Waals surface area contributed by atoms with Gasteiger partial charge in [0.15, 0.2) is 0 Å². The van der Waals surface area contributed by atoms with Crippen molar-refractivity contribution >= 4 is 23.9 Å². The Morgan fingerprint density at radius 3 is 1.60 bits per heavy atom. The maximum atomic E-state index is 12.0. The molecule has 140 valence electrons. The molecule has 3 N–H and O–H groups in total. The second kappa shape index (κ2) is 9.97. The molecule has 6 amide bonds. The normalized spacial score (nSPS) is 19.2. The van der Waals surface area contributed by atoms with E-state index >= 15 is 0 Å². The van der Waals surface area contributed by atoms with E-state index in [4.69, 9.17) is 0 Å². The smallest absolute Gasteiger partial charge is 0.325 e. The van der Waals surface area contributed by atoms with Crippen molar-refractivity contribution in [1.82, 2.24) is 25.8 Å². The standard InChI is InChI=1S/C16H27N5O4/c22-13-7-3-1-5-9-20(13)15(24)18-11-17-12-19-16(25)21-10-6-2-4-8-14(21)23/h17H,1-12H2,(H,18,24)(H,19,25). The molecule has 0 atom stereocenters. The van der Waals surface area contributed by atoms with Gasteiger partial charge < -0.3 is 10.6 Å². The Bertz CT molecular complexity index is 467. The molecule has 2 aliphatic heterocycles. The van der Waals surface area contributed by atoms with Gasteiger partial charge in [-0.25, -0.2) is 9.59 Å². The molecule has 2 saturated heterocycles. The number of rotatable bonds is 4. The predicted molar refractivity (Wildman–Crippen MR) is 90.3 cm³/mol. The van der Waals surface area contributed by atoms with Gasteiger partial charge in [0.1, 0.15) is 0 Å². The Morgan fingerprint density at radius 2 is 1.16 bits per heavy atom. The molecule has 2 heterocycles. The van der Waals surface area contributed by atoms with Crippen molar-refractivity contribution in [2.24, 2.45) is 0 Å². The van der Waals surface area contributed by atoms with E-state index in [1.54, 1.807) is 0 Å². The van der Waals surface area contributed by atoms with Gasteiger partial charge >= 0.3 is 12.1 Å². The minimum absolute atomic E-state index is 0.122. The van der Waals surface area contributed by atoms with E-state index in [0.717, 1.165) is 38.5 Å². The zero-order valence-electron chi connectivity index (χ0n) is 14.5. The Hall–Kier alpha value is -2.16. The first-order valence-electron chi connectivity index (χ1n) is 8.96. The number of imide groups is 2. The van der Waals surface area contributed by atoms with Crippen molar-refractivity contribution in [2.45, 2.75) is 51.4 Å². The van der Waals surface area contributed by atoms with Crippen LogP contribution >= 0.6 is 0 Å². The van der Waals surface area contributed by atoms with Crippen LogP contribution in [-0.2, 0) is 9.59 Å². The molecule has 9 heteroatoms. The molecular weight excluding hydrogens is 326 g/mol. The Morgan fingerprint density at radius 1 is 0.720 bits per heavy atom. The predicted octanol–water partition coefficient (Wildman–Crippen LogP) is 0.715. The number of hydrogen-bond donors (Lipinski definition) is 3. The number of likely N-dealkylation sites (tertiary alicyclic amines) is 2. The van der Waals surface area contributed by atoms with E-state index in [2.05, 4.69) is 16.0 Å². The molecule has 9 nitrogen and oxygen atoms in total. The van der Waals surface area contributed by atoms with E-state index in [9.17, 15) is 19.2 Å². The molecule has 0 unspecified atom stereocenters. The highest BCUT2D eigenvalue weighted by molar-refractivity contribution is 5.95. The van der Waals surface area contributed by atoms with Crippen LogP contribution < -0.4 is 16.0 Å². The molecule has 0 spiro atoms. The van der Waals surface area contributed by atoms with Crippen LogP contribution in [0.1, 0.15) is 51.4 Å². The van der Waals surface area contributed by atoms with Gasteiger partial charge in [-0.15, -0.1) is 0 Å². The lowest BCUT2D eigenvalue weighted by Crippen LogP contribution is -2.50. The molecule has 0 radical (unpaired) electrons. The first-order valence-corrected chi connectivity index (χ1v) is 8.96. The summed E-state index contributed by atoms with van der Waals surface area (Å²) in [7, 11) is 0. The fourth-order valence-electron chi connectivity index (χ4n) is 2.92. The lowest BCUT2D eigenvalue weighted by Gasteiger charge is -2.20. The van der Waals surface area contributed by atoms with Crippen LogP contribution in [0.5, 0.6) is 0 Å². The van der Waals surface area contributed by atoms with E-state index in [1.165, 1.54) is 9.80 Å². The minimum atomic E-state index is -0.423. The first-order chi connectivity index (χ1) is 12.1. The lowest BCUT2D eigenvalue weighted by atomic mass is 10.2. The van der Waals surface area contributed by atoms with E-state index in [-0.39, 0.29) is 25.2 Å². The molecular formula is C16H27N5O4. The fourth-order valence-corrected chi connectivity index (χ4v) is 2.92. The highest BCUT2D eigenvalue weighted by Crippen LogP contribution is 2.11. The SMILES string of the molecule is O=C1CCCCCN1C(=O)NCNCNC(=O)N1CCCCCC1=O. The van der Waals surface area contributed by atoms with Gasteiger partial charge in [0.25, 0.3) is 0 Å². The summed E-state index contributed by atoms with van der Waals surface area (Å²) < 4.78 is 0. The maximum absolute atomic E-state index is 12.0. The van der Waals surface area contributed by atoms with Gasteiger partial charge in [-0.05, 0) is 25.7 Å². The van der Waals surface area contributed by atoms with Crippen molar-refractivity contribution in [3.63, 3.8) is 0 Å². The number of nitrogens with one attached hydrogen (secondary N) is 3. The second-order valence-electron chi connectivity index (χ2n) is 6.28. The van der Waals surface area contributed by atoms with Gasteiger partial charge in [-0.1, -0.05) is 12.8 Å². The summed E-state index contributed by atoms with van der Waals surface area (Å²) in [5.41, 5.74) is 0. The molecule has 0 bridgehead atoms. The van der Waals surface area contributed by atoms with Crippen LogP contribution in [0.4, 0.5) is 9.59 Å². The number of carbonyl (C=O) groups is 4. The third-order valence-corrected chi connectivity index (χ3v) is 4.37. The van der Waals surface area contributed by atoms with Crippen LogP contribution in [0.3, 0.4) is 0 Å². The Kier molecular flexibility index (Phi) is 7.65. The van der Waals surface area contributed by atoms with Crippen molar-refractivity contribution in [1.29, 1.82) is 0 Å². The average molecular weight is 353 g/mol. The minimum Gasteiger partial charge on any atom is -0.325 e. The van der Waals surface area contributed by atoms with Crippen molar-refractivity contribution in [2.75, 3.05) is 26.4 Å². The second-order valence-corrected chi connectivity index (χ2v) is 6.28. The molecule has 2 rings (SSSR count). The molecule has 2 aliphatic rings. The monoisotopic (exact) mass is 353 g/mol. The van der Waals surface area contributed by atoms with Crippen molar-refractivity contribution in [3.05, 3.63) is 0 Å². The summed E-state index contributed by atoms with van der Waals surface area (Å²) in [4.78, 5) is 50.1. The number of carbonyl (C=O) groups excluding carboxylic acids is 4. The topological polar surface area (TPSA) is 111 Å².